The predicted molar refractivity (Wildman–Crippen MR) is 56.0 cm³/mol. The van der Waals surface area contributed by atoms with E-state index in [4.69, 9.17) is 43.9 Å². The van der Waals surface area contributed by atoms with Crippen LogP contribution in [0.4, 0.5) is 0 Å². The summed E-state index contributed by atoms with van der Waals surface area (Å²) in [4.78, 5) is 0. The van der Waals surface area contributed by atoms with Crippen LogP contribution in [0.5, 0.6) is 0 Å². The molecule has 0 heterocycles. The zero-order valence-electron chi connectivity index (χ0n) is 7.59. The van der Waals surface area contributed by atoms with E-state index in [0.717, 1.165) is 0 Å². The summed E-state index contributed by atoms with van der Waals surface area (Å²) in [6.07, 6.45) is -0.189. The second-order valence-corrected chi connectivity index (χ2v) is 7.34. The molecule has 0 amide bonds. The Morgan fingerprint density at radius 2 is 1.85 bits per heavy atom. The van der Waals surface area contributed by atoms with Gasteiger partial charge in [0.15, 0.2) is 0 Å². The van der Waals surface area contributed by atoms with E-state index in [0.29, 0.717) is 0 Å². The fraction of sp³-hybridized carbons (Fsp3) is 1.00. The molecule has 0 spiro atoms. The second-order valence-electron chi connectivity index (χ2n) is 2.81. The molecule has 3 nitrogen and oxygen atoms in total. The molecule has 13 heavy (non-hydrogen) atoms. The summed E-state index contributed by atoms with van der Waals surface area (Å²) >= 11 is 16.2. The third kappa shape index (κ3) is 9.33. The maximum atomic E-state index is 11.5. The molecular weight excluding hydrogens is 257 g/mol. The maximum absolute atomic E-state index is 11.5. The van der Waals surface area contributed by atoms with Crippen molar-refractivity contribution < 1.29 is 13.6 Å². The highest BCUT2D eigenvalue weighted by molar-refractivity contribution is 7.53. The molecule has 0 saturated carbocycles. The lowest BCUT2D eigenvalue weighted by atomic mass is 10.5. The summed E-state index contributed by atoms with van der Waals surface area (Å²) in [7, 11) is -3.10. The molecule has 1 atom stereocenters. The molecule has 0 aromatic rings. The van der Waals surface area contributed by atoms with Crippen molar-refractivity contribution in [3.05, 3.63) is 0 Å². The molecule has 0 rings (SSSR count). The fourth-order valence-corrected chi connectivity index (χ4v) is 2.25. The van der Waals surface area contributed by atoms with Crippen molar-refractivity contribution in [1.29, 1.82) is 0 Å². The van der Waals surface area contributed by atoms with Crippen LogP contribution in [0.25, 0.3) is 0 Å². The first-order chi connectivity index (χ1) is 5.62. The second kappa shape index (κ2) is 5.20. The predicted octanol–water partition coefficient (Wildman–Crippen LogP) is 3.62. The maximum Gasteiger partial charge on any atom is 0.328 e. The minimum Gasteiger partial charge on any atom is -0.306 e. The molecule has 0 unspecified atom stereocenters. The molecule has 0 saturated heterocycles. The van der Waals surface area contributed by atoms with Gasteiger partial charge >= 0.3 is 7.60 Å². The van der Waals surface area contributed by atoms with Crippen molar-refractivity contribution in [2.24, 2.45) is 0 Å². The van der Waals surface area contributed by atoms with E-state index in [1.54, 1.807) is 13.8 Å². The Morgan fingerprint density at radius 3 is 2.15 bits per heavy atom. The van der Waals surface area contributed by atoms with Crippen molar-refractivity contribution >= 4 is 42.4 Å². The van der Waals surface area contributed by atoms with Crippen molar-refractivity contribution in [3.8, 4) is 0 Å². The molecule has 0 aromatic carbocycles. The Bertz CT molecular complexity index is 202. The normalized spacial score (nSPS) is 17.5. The van der Waals surface area contributed by atoms with Gasteiger partial charge in [0, 0.05) is 6.66 Å². The average Bonchev–Trinajstić information content (AvgIpc) is 1.79. The van der Waals surface area contributed by atoms with Crippen LogP contribution < -0.4 is 0 Å². The summed E-state index contributed by atoms with van der Waals surface area (Å²) in [5.74, 6) is 0. The van der Waals surface area contributed by atoms with Crippen LogP contribution in [0.2, 0.25) is 0 Å². The van der Waals surface area contributed by atoms with Crippen LogP contribution in [0.15, 0.2) is 0 Å². The van der Waals surface area contributed by atoms with Gasteiger partial charge in [-0.2, -0.15) is 0 Å². The number of halogens is 3. The van der Waals surface area contributed by atoms with E-state index in [1.165, 1.54) is 6.66 Å². The van der Waals surface area contributed by atoms with Gasteiger partial charge in [-0.1, -0.05) is 34.8 Å². The Morgan fingerprint density at radius 1 is 1.38 bits per heavy atom. The zero-order chi connectivity index (χ0) is 10.7. The highest BCUT2D eigenvalue weighted by Gasteiger charge is 2.26. The first kappa shape index (κ1) is 14.0. The molecule has 80 valence electrons. The SMILES string of the molecule is CC(C)O[P@@](C)(=O)OCC(Cl)(Cl)Cl. The van der Waals surface area contributed by atoms with Gasteiger partial charge in [-0.15, -0.1) is 0 Å². The van der Waals surface area contributed by atoms with Crippen molar-refractivity contribution in [1.82, 2.24) is 0 Å². The molecule has 0 N–H and O–H groups in total. The Kier molecular flexibility index (Phi) is 5.61. The highest BCUT2D eigenvalue weighted by Crippen LogP contribution is 2.47. The van der Waals surface area contributed by atoms with Crippen molar-refractivity contribution in [2.75, 3.05) is 13.3 Å². The lowest BCUT2D eigenvalue weighted by Gasteiger charge is -2.19. The van der Waals surface area contributed by atoms with Gasteiger partial charge in [0.05, 0.1) is 6.10 Å². The van der Waals surface area contributed by atoms with Crippen LogP contribution in [0.1, 0.15) is 13.8 Å². The first-order valence-corrected chi connectivity index (χ1v) is 6.72. The summed E-state index contributed by atoms with van der Waals surface area (Å²) in [6.45, 7) is 4.57. The lowest BCUT2D eigenvalue weighted by Crippen LogP contribution is -2.13. The van der Waals surface area contributed by atoms with Crippen LogP contribution in [-0.4, -0.2) is 23.2 Å². The van der Waals surface area contributed by atoms with Gasteiger partial charge in [0.25, 0.3) is 0 Å². The quantitative estimate of drug-likeness (QED) is 0.577. The molecule has 0 aliphatic carbocycles. The van der Waals surface area contributed by atoms with Gasteiger partial charge < -0.3 is 9.05 Å². The molecule has 0 aromatic heterocycles. The molecule has 0 radical (unpaired) electrons. The molecule has 0 bridgehead atoms. The van der Waals surface area contributed by atoms with Gasteiger partial charge in [0.1, 0.15) is 6.61 Å². The number of alkyl halides is 3. The highest BCUT2D eigenvalue weighted by atomic mass is 35.6. The molecular formula is C6H12Cl3O3P. The Hall–Kier alpha value is 1.02. The fourth-order valence-electron chi connectivity index (χ4n) is 0.604. The monoisotopic (exact) mass is 268 g/mol. The van der Waals surface area contributed by atoms with Gasteiger partial charge in [-0.25, -0.2) is 0 Å². The topological polar surface area (TPSA) is 35.5 Å². The first-order valence-electron chi connectivity index (χ1n) is 3.59. The van der Waals surface area contributed by atoms with Crippen LogP contribution in [0, 0.1) is 0 Å². The Balaban J connectivity index is 3.97. The van der Waals surface area contributed by atoms with E-state index in [2.05, 4.69) is 0 Å². The summed E-state index contributed by atoms with van der Waals surface area (Å²) < 4.78 is 19.7. The van der Waals surface area contributed by atoms with E-state index in [9.17, 15) is 4.57 Å². The smallest absolute Gasteiger partial charge is 0.306 e. The van der Waals surface area contributed by atoms with Crippen LogP contribution >= 0.6 is 42.4 Å². The zero-order valence-corrected chi connectivity index (χ0v) is 10.8. The van der Waals surface area contributed by atoms with E-state index < -0.39 is 11.4 Å². The number of hydrogen-bond donors (Lipinski definition) is 0. The van der Waals surface area contributed by atoms with Crippen LogP contribution in [-0.2, 0) is 13.6 Å². The summed E-state index contributed by atoms with van der Waals surface area (Å²) in [5, 5.41) is 0. The van der Waals surface area contributed by atoms with Crippen molar-refractivity contribution in [2.45, 2.75) is 23.7 Å². The van der Waals surface area contributed by atoms with E-state index in [-0.39, 0.29) is 12.7 Å². The molecule has 0 aliphatic heterocycles. The van der Waals surface area contributed by atoms with Gasteiger partial charge in [-0.3, -0.25) is 4.57 Å². The van der Waals surface area contributed by atoms with Crippen LogP contribution in [0.3, 0.4) is 0 Å². The third-order valence-electron chi connectivity index (χ3n) is 0.865. The standard InChI is InChI=1S/C6H12Cl3O3P/c1-5(2)12-13(3,10)11-4-6(7,8)9/h5H,4H2,1-3H3/t13-/m0/s1. The number of rotatable bonds is 4. The number of hydrogen-bond acceptors (Lipinski definition) is 3. The summed E-state index contributed by atoms with van der Waals surface area (Å²) in [5.41, 5.74) is 0. The molecule has 0 aliphatic rings. The average molecular weight is 269 g/mol. The van der Waals surface area contributed by atoms with Gasteiger partial charge in [-0.05, 0) is 13.8 Å². The Labute approximate surface area is 93.2 Å². The lowest BCUT2D eigenvalue weighted by molar-refractivity contribution is 0.174. The minimum atomic E-state index is -3.10. The van der Waals surface area contributed by atoms with Crippen molar-refractivity contribution in [3.63, 3.8) is 0 Å². The molecule has 7 heteroatoms. The minimum absolute atomic E-state index is 0.189. The van der Waals surface area contributed by atoms with Gasteiger partial charge in [0.2, 0.25) is 3.79 Å². The third-order valence-corrected chi connectivity index (χ3v) is 2.60. The summed E-state index contributed by atoms with van der Waals surface area (Å²) in [6, 6.07) is 0. The molecule has 0 fully saturated rings. The van der Waals surface area contributed by atoms with E-state index >= 15 is 0 Å². The largest absolute Gasteiger partial charge is 0.328 e. The van der Waals surface area contributed by atoms with E-state index in [1.807, 2.05) is 0 Å².